The summed E-state index contributed by atoms with van der Waals surface area (Å²) in [6, 6.07) is 41.8. The Bertz CT molecular complexity index is 2710. The molecule has 0 N–H and O–H groups in total. The molecule has 0 spiro atoms. The lowest BCUT2D eigenvalue weighted by Crippen LogP contribution is -2.31. The molecule has 1 aliphatic heterocycles. The lowest BCUT2D eigenvalue weighted by molar-refractivity contribution is 0.261. The number of rotatable bonds is 5. The Morgan fingerprint density at radius 2 is 1.39 bits per heavy atom. The predicted molar refractivity (Wildman–Crippen MR) is 233 cm³/mol. The van der Waals surface area contributed by atoms with Crippen LogP contribution in [-0.2, 0) is 0 Å². The number of fused-ring (bicyclic) bond motifs is 9. The van der Waals surface area contributed by atoms with E-state index in [0.29, 0.717) is 17.8 Å². The van der Waals surface area contributed by atoms with E-state index in [2.05, 4.69) is 201 Å². The zero-order valence-corrected chi connectivity index (χ0v) is 32.5. The molecule has 3 nitrogen and oxygen atoms in total. The van der Waals surface area contributed by atoms with Crippen molar-refractivity contribution in [3.63, 3.8) is 0 Å². The highest BCUT2D eigenvalue weighted by Crippen LogP contribution is 2.62. The number of anilines is 3. The fourth-order valence-corrected chi connectivity index (χ4v) is 11.2. The molecular formula is C53H46N2O. The maximum absolute atomic E-state index is 7.03. The van der Waals surface area contributed by atoms with E-state index in [1.54, 1.807) is 5.57 Å². The van der Waals surface area contributed by atoms with Gasteiger partial charge in [-0.25, -0.2) is 0 Å². The molecule has 0 bridgehead atoms. The van der Waals surface area contributed by atoms with Crippen molar-refractivity contribution in [2.45, 2.75) is 46.1 Å². The van der Waals surface area contributed by atoms with Gasteiger partial charge >= 0.3 is 0 Å². The van der Waals surface area contributed by atoms with Crippen LogP contribution in [0.1, 0.15) is 51.2 Å². The number of nitrogens with zero attached hydrogens (tertiary/aromatic N) is 2. The molecule has 274 valence electrons. The fraction of sp³-hybridized carbons (Fsp3) is 0.208. The minimum absolute atomic E-state index is 0.0187. The van der Waals surface area contributed by atoms with Gasteiger partial charge in [0.1, 0.15) is 11.9 Å². The third kappa shape index (κ3) is 4.76. The first-order valence-corrected chi connectivity index (χ1v) is 20.4. The molecule has 2 heterocycles. The van der Waals surface area contributed by atoms with Crippen molar-refractivity contribution in [2.24, 2.45) is 23.2 Å². The Balaban J connectivity index is 1.13. The van der Waals surface area contributed by atoms with Gasteiger partial charge < -0.3 is 14.2 Å². The Morgan fingerprint density at radius 3 is 2.14 bits per heavy atom. The molecule has 6 aromatic rings. The normalized spacial score (nSPS) is 24.0. The molecule has 1 aromatic heterocycles. The van der Waals surface area contributed by atoms with Crippen LogP contribution in [0.15, 0.2) is 181 Å². The molecule has 56 heavy (non-hydrogen) atoms. The van der Waals surface area contributed by atoms with Crippen LogP contribution in [0.5, 0.6) is 5.75 Å². The van der Waals surface area contributed by atoms with Crippen molar-refractivity contribution in [1.82, 2.24) is 4.57 Å². The molecule has 5 aromatic carbocycles. The Hall–Kier alpha value is -6.06. The van der Waals surface area contributed by atoms with E-state index in [4.69, 9.17) is 4.74 Å². The topological polar surface area (TPSA) is 17.4 Å². The summed E-state index contributed by atoms with van der Waals surface area (Å²) in [6.07, 6.45) is 19.7. The van der Waals surface area contributed by atoms with E-state index in [1.165, 1.54) is 44.1 Å². The number of hydrogen-bond donors (Lipinski definition) is 0. The number of benzene rings is 5. The van der Waals surface area contributed by atoms with Crippen LogP contribution >= 0.6 is 0 Å². The average Bonchev–Trinajstić information content (AvgIpc) is 3.85. The molecule has 0 amide bonds. The van der Waals surface area contributed by atoms with E-state index in [-0.39, 0.29) is 17.4 Å². The SMILES string of the molecule is CC1CC=CC2=C1C(C)(C)C1C2=CC=C(c2cc3c(c4c2c2ccccc2n4-c2ccc(N(c4ccccc4)c4ccccc4)cc2)OC2C=CC=CC32)C1C. The van der Waals surface area contributed by atoms with Crippen LogP contribution in [0, 0.1) is 23.2 Å². The van der Waals surface area contributed by atoms with Crippen LogP contribution in [0.25, 0.3) is 33.1 Å². The van der Waals surface area contributed by atoms with Gasteiger partial charge in [-0.2, -0.15) is 0 Å². The molecule has 0 saturated heterocycles. The van der Waals surface area contributed by atoms with Gasteiger partial charge in [0.2, 0.25) is 0 Å². The highest BCUT2D eigenvalue weighted by Gasteiger charge is 2.50. The average molecular weight is 727 g/mol. The summed E-state index contributed by atoms with van der Waals surface area (Å²) in [5, 5.41) is 2.54. The van der Waals surface area contributed by atoms with Crippen molar-refractivity contribution in [1.29, 1.82) is 0 Å². The Labute approximate surface area is 329 Å². The zero-order chi connectivity index (χ0) is 37.7. The van der Waals surface area contributed by atoms with E-state index < -0.39 is 0 Å². The lowest BCUT2D eigenvalue weighted by Gasteiger charge is -2.40. The summed E-state index contributed by atoms with van der Waals surface area (Å²) in [5.41, 5.74) is 15.6. The molecule has 3 heteroatoms. The summed E-state index contributed by atoms with van der Waals surface area (Å²) in [6.45, 7) is 9.92. The standard InChI is InChI=1S/C53H46N2O/c1-33-16-15-23-41-42-31-30-39(34(2)50(42)53(3,4)49(33)41)44-32-45-40-21-12-14-25-47(40)56-52(45)51-48(44)43-22-11-13-24-46(43)55(51)38-28-26-37(27-29-38)54(35-17-7-5-8-18-35)36-19-9-6-10-20-36/h5-15,17-34,40,47,50H,16H2,1-4H3. The molecule has 5 unspecified atom stereocenters. The second-order valence-electron chi connectivity index (χ2n) is 16.9. The highest BCUT2D eigenvalue weighted by atomic mass is 16.5. The molecule has 5 aliphatic rings. The van der Waals surface area contributed by atoms with Crippen LogP contribution in [0.2, 0.25) is 0 Å². The van der Waals surface area contributed by atoms with Crippen LogP contribution in [-0.4, -0.2) is 10.7 Å². The summed E-state index contributed by atoms with van der Waals surface area (Å²) in [4.78, 5) is 2.32. The number of ether oxygens (including phenoxy) is 1. The minimum atomic E-state index is -0.0187. The van der Waals surface area contributed by atoms with E-state index in [9.17, 15) is 0 Å². The minimum Gasteiger partial charge on any atom is -0.483 e. The van der Waals surface area contributed by atoms with E-state index in [0.717, 1.165) is 40.4 Å². The van der Waals surface area contributed by atoms with Gasteiger partial charge in [-0.3, -0.25) is 0 Å². The molecule has 5 atom stereocenters. The molecule has 4 aliphatic carbocycles. The highest BCUT2D eigenvalue weighted by molar-refractivity contribution is 6.16. The predicted octanol–water partition coefficient (Wildman–Crippen LogP) is 13.7. The summed E-state index contributed by atoms with van der Waals surface area (Å²) in [5.74, 6) is 2.49. The molecule has 11 rings (SSSR count). The maximum Gasteiger partial charge on any atom is 0.148 e. The van der Waals surface area contributed by atoms with Crippen molar-refractivity contribution in [3.05, 3.63) is 192 Å². The first kappa shape index (κ1) is 33.3. The van der Waals surface area contributed by atoms with E-state index in [1.807, 2.05) is 0 Å². The number of aromatic nitrogens is 1. The second kappa shape index (κ2) is 12.5. The van der Waals surface area contributed by atoms with Crippen LogP contribution in [0.4, 0.5) is 17.1 Å². The third-order valence-corrected chi connectivity index (χ3v) is 13.4. The lowest BCUT2D eigenvalue weighted by atomic mass is 9.64. The smallest absolute Gasteiger partial charge is 0.148 e. The number of para-hydroxylation sites is 3. The molecule has 0 radical (unpaired) electrons. The van der Waals surface area contributed by atoms with Gasteiger partial charge in [0, 0.05) is 45.0 Å². The quantitative estimate of drug-likeness (QED) is 0.176. The number of hydrogen-bond acceptors (Lipinski definition) is 2. The van der Waals surface area contributed by atoms with Crippen LogP contribution < -0.4 is 9.64 Å². The van der Waals surface area contributed by atoms with E-state index >= 15 is 0 Å². The Kier molecular flexibility index (Phi) is 7.42. The monoisotopic (exact) mass is 726 g/mol. The fourth-order valence-electron chi connectivity index (χ4n) is 11.2. The third-order valence-electron chi connectivity index (χ3n) is 13.4. The van der Waals surface area contributed by atoms with Crippen molar-refractivity contribution >= 4 is 44.4 Å². The summed E-state index contributed by atoms with van der Waals surface area (Å²) < 4.78 is 9.50. The zero-order valence-electron chi connectivity index (χ0n) is 32.5. The molecule has 0 saturated carbocycles. The maximum atomic E-state index is 7.03. The first-order valence-electron chi connectivity index (χ1n) is 20.4. The summed E-state index contributed by atoms with van der Waals surface area (Å²) >= 11 is 0. The van der Waals surface area contributed by atoms with Gasteiger partial charge in [-0.1, -0.05) is 130 Å². The first-order chi connectivity index (χ1) is 27.4. The molecule has 0 fully saturated rings. The number of allylic oxidation sites excluding steroid dienone is 10. The van der Waals surface area contributed by atoms with Crippen molar-refractivity contribution in [3.8, 4) is 11.4 Å². The molecular weight excluding hydrogens is 681 g/mol. The van der Waals surface area contributed by atoms with Crippen LogP contribution in [0.3, 0.4) is 0 Å². The van der Waals surface area contributed by atoms with Gasteiger partial charge in [-0.05, 0) is 119 Å². The largest absolute Gasteiger partial charge is 0.483 e. The van der Waals surface area contributed by atoms with Gasteiger partial charge in [0.05, 0.1) is 11.0 Å². The Morgan fingerprint density at radius 1 is 0.732 bits per heavy atom. The van der Waals surface area contributed by atoms with Gasteiger partial charge in [-0.15, -0.1) is 0 Å². The van der Waals surface area contributed by atoms with Crippen molar-refractivity contribution in [2.75, 3.05) is 4.90 Å². The van der Waals surface area contributed by atoms with Crippen molar-refractivity contribution < 1.29 is 4.74 Å². The van der Waals surface area contributed by atoms with Gasteiger partial charge in [0.25, 0.3) is 0 Å². The van der Waals surface area contributed by atoms with Gasteiger partial charge in [0.15, 0.2) is 0 Å². The summed E-state index contributed by atoms with van der Waals surface area (Å²) in [7, 11) is 0. The second-order valence-corrected chi connectivity index (χ2v) is 16.9.